The van der Waals surface area contributed by atoms with Crippen LogP contribution >= 0.6 is 0 Å². The van der Waals surface area contributed by atoms with Crippen molar-refractivity contribution in [2.75, 3.05) is 38.3 Å². The molecule has 2 N–H and O–H groups in total. The van der Waals surface area contributed by atoms with Crippen LogP contribution in [-0.2, 0) is 20.4 Å². The minimum Gasteiger partial charge on any atom is -0.497 e. The van der Waals surface area contributed by atoms with Gasteiger partial charge in [0.25, 0.3) is 5.91 Å². The number of hydrogen-bond acceptors (Lipinski definition) is 6. The molecule has 0 spiro atoms. The summed E-state index contributed by atoms with van der Waals surface area (Å²) in [6, 6.07) is 2.60. The highest BCUT2D eigenvalue weighted by atomic mass is 19.4. The predicted octanol–water partition coefficient (Wildman–Crippen LogP) is 5.07. The Morgan fingerprint density at radius 3 is 2.50 bits per heavy atom. The molecular weight excluding hydrogens is 503 g/mol. The monoisotopic (exact) mass is 537 g/mol. The van der Waals surface area contributed by atoms with Gasteiger partial charge in [-0.2, -0.15) is 13.2 Å². The average molecular weight is 538 g/mol. The van der Waals surface area contributed by atoms with Crippen LogP contribution in [0.4, 0.5) is 18.9 Å². The van der Waals surface area contributed by atoms with Crippen molar-refractivity contribution in [3.8, 4) is 0 Å². The summed E-state index contributed by atoms with van der Waals surface area (Å²) in [7, 11) is 1.46. The molecule has 3 rings (SSSR count). The van der Waals surface area contributed by atoms with Crippen molar-refractivity contribution >= 4 is 29.0 Å². The van der Waals surface area contributed by atoms with Gasteiger partial charge in [0.15, 0.2) is 0 Å². The van der Waals surface area contributed by atoms with Crippen LogP contribution < -0.4 is 15.5 Å². The highest BCUT2D eigenvalue weighted by Crippen LogP contribution is 2.39. The molecule has 1 aliphatic heterocycles. The van der Waals surface area contributed by atoms with Crippen LogP contribution in [0.25, 0.3) is 11.0 Å². The number of carbonyl (C=O) groups is 2. The van der Waals surface area contributed by atoms with Crippen LogP contribution in [0, 0.1) is 6.92 Å². The van der Waals surface area contributed by atoms with E-state index in [-0.39, 0.29) is 29.1 Å². The van der Waals surface area contributed by atoms with Crippen molar-refractivity contribution in [2.24, 2.45) is 0 Å². The molecule has 1 aliphatic rings. The van der Waals surface area contributed by atoms with Gasteiger partial charge < -0.3 is 29.4 Å². The summed E-state index contributed by atoms with van der Waals surface area (Å²) in [6.45, 7) is 9.00. The van der Waals surface area contributed by atoms with Crippen LogP contribution in [0.5, 0.6) is 0 Å². The Morgan fingerprint density at radius 1 is 1.24 bits per heavy atom. The van der Waals surface area contributed by atoms with Crippen molar-refractivity contribution in [3.63, 3.8) is 0 Å². The molecule has 0 radical (unpaired) electrons. The summed E-state index contributed by atoms with van der Waals surface area (Å²) in [5, 5.41) is 5.41. The minimum atomic E-state index is -4.70. The summed E-state index contributed by atoms with van der Waals surface area (Å²) in [5.41, 5.74) is 2.54. The quantitative estimate of drug-likeness (QED) is 0.250. The summed E-state index contributed by atoms with van der Waals surface area (Å²) < 4.78 is 56.7. The van der Waals surface area contributed by atoms with Crippen molar-refractivity contribution in [2.45, 2.75) is 52.8 Å². The number of hydrogen-bond donors (Lipinski definition) is 2. The first-order chi connectivity index (χ1) is 18.0. The molecule has 208 valence electrons. The summed E-state index contributed by atoms with van der Waals surface area (Å²) >= 11 is 0. The van der Waals surface area contributed by atoms with Gasteiger partial charge in [-0.15, -0.1) is 0 Å². The first-order valence-electron chi connectivity index (χ1n) is 12.4. The van der Waals surface area contributed by atoms with E-state index in [1.807, 2.05) is 6.92 Å². The maximum Gasteiger partial charge on any atom is 0.449 e. The fraction of sp³-hybridized carbons (Fsp3) is 0.481. The molecule has 8 nitrogen and oxygen atoms in total. The first-order valence-corrected chi connectivity index (χ1v) is 12.4. The van der Waals surface area contributed by atoms with E-state index in [1.54, 1.807) is 32.9 Å². The number of anilines is 1. The van der Waals surface area contributed by atoms with Gasteiger partial charge in [0.2, 0.25) is 12.2 Å². The lowest BCUT2D eigenvalue weighted by atomic mass is 9.98. The molecule has 0 saturated carbocycles. The number of carbonyl (C=O) groups excluding carboxylic acids is 2. The second kappa shape index (κ2) is 12.4. The number of amides is 2. The van der Waals surface area contributed by atoms with Crippen LogP contribution in [0.1, 0.15) is 55.3 Å². The van der Waals surface area contributed by atoms with Gasteiger partial charge in [0.05, 0.1) is 12.7 Å². The number of rotatable bonds is 10. The third-order valence-electron chi connectivity index (χ3n) is 6.63. The normalized spacial score (nSPS) is 15.7. The molecule has 2 aromatic rings. The maximum absolute atomic E-state index is 13.5. The molecule has 1 aromatic heterocycles. The Kier molecular flexibility index (Phi) is 9.48. The highest BCUT2D eigenvalue weighted by Gasteiger charge is 2.36. The van der Waals surface area contributed by atoms with Gasteiger partial charge in [-0.25, -0.2) is 0 Å². The molecular formula is C27H34F3N3O5. The lowest BCUT2D eigenvalue weighted by Crippen LogP contribution is -2.40. The van der Waals surface area contributed by atoms with Crippen LogP contribution in [0.2, 0.25) is 0 Å². The number of benzene rings is 1. The largest absolute Gasteiger partial charge is 0.497 e. The number of nitrogens with one attached hydrogen (secondary N) is 2. The van der Waals surface area contributed by atoms with Crippen LogP contribution in [0.3, 0.4) is 0 Å². The molecule has 0 bridgehead atoms. The number of ether oxygens (including phenoxy) is 2. The minimum absolute atomic E-state index is 0.00285. The van der Waals surface area contributed by atoms with E-state index in [4.69, 9.17) is 13.9 Å². The molecule has 0 unspecified atom stereocenters. The number of allylic oxidation sites excluding steroid dienone is 2. The second-order valence-electron chi connectivity index (χ2n) is 9.17. The fourth-order valence-corrected chi connectivity index (χ4v) is 4.70. The van der Waals surface area contributed by atoms with E-state index in [2.05, 4.69) is 15.5 Å². The predicted molar refractivity (Wildman–Crippen MR) is 138 cm³/mol. The zero-order valence-corrected chi connectivity index (χ0v) is 22.3. The first kappa shape index (κ1) is 29.1. The maximum atomic E-state index is 13.5. The van der Waals surface area contributed by atoms with Gasteiger partial charge in [0, 0.05) is 55.2 Å². The SMILES string of the molecule is CCN(c1cc2oc(C(F)(F)F)cc2c(C(=O)NC/C(C)=C(/C=C(/C)NC=O)OC)c1C)C1CCOCC1. The van der Waals surface area contributed by atoms with E-state index in [1.165, 1.54) is 7.11 Å². The number of methoxy groups -OCH3 is 1. The summed E-state index contributed by atoms with van der Waals surface area (Å²) in [4.78, 5) is 26.3. The lowest BCUT2D eigenvalue weighted by Gasteiger charge is -2.36. The summed E-state index contributed by atoms with van der Waals surface area (Å²) in [6.07, 6.45) is -1.00. The molecule has 1 fully saturated rings. The zero-order valence-electron chi connectivity index (χ0n) is 22.3. The number of nitrogens with zero attached hydrogens (tertiary/aromatic N) is 1. The average Bonchev–Trinajstić information content (AvgIpc) is 3.31. The Hall–Kier alpha value is -3.47. The van der Waals surface area contributed by atoms with Crippen molar-refractivity contribution in [3.05, 3.63) is 52.1 Å². The van der Waals surface area contributed by atoms with E-state index in [9.17, 15) is 22.8 Å². The van der Waals surface area contributed by atoms with E-state index in [0.717, 1.165) is 18.9 Å². The second-order valence-corrected chi connectivity index (χ2v) is 9.17. The number of alkyl halides is 3. The smallest absolute Gasteiger partial charge is 0.449 e. The van der Waals surface area contributed by atoms with E-state index < -0.39 is 17.8 Å². The van der Waals surface area contributed by atoms with E-state index in [0.29, 0.717) is 54.4 Å². The number of halogens is 3. The third kappa shape index (κ3) is 6.50. The Morgan fingerprint density at radius 2 is 1.92 bits per heavy atom. The zero-order chi connectivity index (χ0) is 28.0. The van der Waals surface area contributed by atoms with Gasteiger partial charge in [-0.1, -0.05) is 0 Å². The molecule has 0 atom stereocenters. The molecule has 1 saturated heterocycles. The topological polar surface area (TPSA) is 93.0 Å². The third-order valence-corrected chi connectivity index (χ3v) is 6.63. The van der Waals surface area contributed by atoms with Crippen molar-refractivity contribution < 1.29 is 36.7 Å². The van der Waals surface area contributed by atoms with Gasteiger partial charge in [-0.3, -0.25) is 9.59 Å². The molecule has 2 amide bonds. The Bertz CT molecular complexity index is 1230. The molecule has 1 aromatic carbocycles. The Labute approximate surface area is 219 Å². The highest BCUT2D eigenvalue weighted by molar-refractivity contribution is 6.09. The Balaban J connectivity index is 2.05. The molecule has 11 heteroatoms. The number of furan rings is 1. The van der Waals surface area contributed by atoms with Gasteiger partial charge in [0.1, 0.15) is 11.3 Å². The molecule has 38 heavy (non-hydrogen) atoms. The van der Waals surface area contributed by atoms with Crippen molar-refractivity contribution in [1.82, 2.24) is 10.6 Å². The fourth-order valence-electron chi connectivity index (χ4n) is 4.70. The lowest BCUT2D eigenvalue weighted by molar-refractivity contribution is -0.152. The van der Waals surface area contributed by atoms with E-state index >= 15 is 0 Å². The molecule has 2 heterocycles. The van der Waals surface area contributed by atoms with Crippen LogP contribution in [0.15, 0.2) is 39.7 Å². The van der Waals surface area contributed by atoms with Gasteiger partial charge >= 0.3 is 6.18 Å². The van der Waals surface area contributed by atoms with Crippen LogP contribution in [-0.4, -0.2) is 51.8 Å². The standard InChI is InChI=1S/C27H34F3N3O5/c1-6-33(19-7-9-37-10-8-19)21-13-23-20(12-24(38-23)27(28,29)30)25(18(21)4)26(35)31-14-16(2)22(36-5)11-17(3)32-15-34/h11-13,15,19H,6-10,14H2,1-5H3,(H,31,35)(H,32,34)/b17-11-,22-16-. The molecule has 0 aliphatic carbocycles. The number of fused-ring (bicyclic) bond motifs is 1. The summed E-state index contributed by atoms with van der Waals surface area (Å²) in [5.74, 6) is -1.26. The van der Waals surface area contributed by atoms with Crippen molar-refractivity contribution in [1.29, 1.82) is 0 Å². The van der Waals surface area contributed by atoms with Gasteiger partial charge in [-0.05, 0) is 63.8 Å².